The SMILES string of the molecule is CC1C=C(C(N)=O)N(C(C)N2CC(C)C=C2C(N)=O)C1. The third-order valence-corrected chi connectivity index (χ3v) is 3.88. The van der Waals surface area contributed by atoms with Crippen molar-refractivity contribution in [2.75, 3.05) is 13.1 Å². The van der Waals surface area contributed by atoms with Crippen molar-refractivity contribution >= 4 is 11.8 Å². The Kier molecular flexibility index (Phi) is 3.74. The molecule has 2 unspecified atom stereocenters. The largest absolute Gasteiger partial charge is 0.364 e. The third kappa shape index (κ3) is 2.50. The second kappa shape index (κ2) is 5.19. The zero-order valence-electron chi connectivity index (χ0n) is 12.2. The number of primary amides is 2. The van der Waals surface area contributed by atoms with Crippen LogP contribution in [0.2, 0.25) is 0 Å². The highest BCUT2D eigenvalue weighted by Crippen LogP contribution is 2.29. The van der Waals surface area contributed by atoms with Crippen LogP contribution in [0.15, 0.2) is 23.5 Å². The summed E-state index contributed by atoms with van der Waals surface area (Å²) in [5.74, 6) is -0.335. The van der Waals surface area contributed by atoms with Crippen molar-refractivity contribution in [2.45, 2.75) is 26.9 Å². The Morgan fingerprint density at radius 1 is 1.05 bits per heavy atom. The van der Waals surface area contributed by atoms with Crippen LogP contribution < -0.4 is 11.5 Å². The van der Waals surface area contributed by atoms with Crippen molar-refractivity contribution in [2.24, 2.45) is 23.3 Å². The lowest BCUT2D eigenvalue weighted by molar-refractivity contribution is -0.117. The molecule has 2 aliphatic rings. The molecule has 4 N–H and O–H groups in total. The molecule has 2 aliphatic heterocycles. The Hall–Kier alpha value is -1.98. The van der Waals surface area contributed by atoms with Crippen molar-refractivity contribution in [1.82, 2.24) is 9.80 Å². The molecule has 2 atom stereocenters. The summed E-state index contributed by atoms with van der Waals surface area (Å²) in [6.07, 6.45) is 3.64. The molecule has 0 bridgehead atoms. The Bertz CT molecular complexity index is 453. The van der Waals surface area contributed by atoms with Gasteiger partial charge in [0.2, 0.25) is 0 Å². The summed E-state index contributed by atoms with van der Waals surface area (Å²) in [6.45, 7) is 7.47. The van der Waals surface area contributed by atoms with E-state index in [1.807, 2.05) is 42.7 Å². The maximum Gasteiger partial charge on any atom is 0.264 e. The lowest BCUT2D eigenvalue weighted by atomic mass is 10.2. The van der Waals surface area contributed by atoms with Crippen molar-refractivity contribution in [1.29, 1.82) is 0 Å². The van der Waals surface area contributed by atoms with Gasteiger partial charge in [0.25, 0.3) is 11.8 Å². The molecule has 0 fully saturated rings. The summed E-state index contributed by atoms with van der Waals surface area (Å²) >= 11 is 0. The fourth-order valence-electron chi connectivity index (χ4n) is 2.98. The average molecular weight is 278 g/mol. The number of rotatable bonds is 4. The molecule has 20 heavy (non-hydrogen) atoms. The van der Waals surface area contributed by atoms with Crippen molar-refractivity contribution in [3.63, 3.8) is 0 Å². The Balaban J connectivity index is 2.22. The van der Waals surface area contributed by atoms with E-state index in [4.69, 9.17) is 11.5 Å². The predicted molar refractivity (Wildman–Crippen MR) is 75.8 cm³/mol. The molecule has 0 saturated heterocycles. The minimum atomic E-state index is -0.432. The van der Waals surface area contributed by atoms with E-state index >= 15 is 0 Å². The van der Waals surface area contributed by atoms with Crippen LogP contribution in [0.5, 0.6) is 0 Å². The molecular formula is C14H22N4O2. The molecule has 0 radical (unpaired) electrons. The molecular weight excluding hydrogens is 256 g/mol. The van der Waals surface area contributed by atoms with Crippen LogP contribution in [0.3, 0.4) is 0 Å². The van der Waals surface area contributed by atoms with Gasteiger partial charge in [-0.3, -0.25) is 9.59 Å². The van der Waals surface area contributed by atoms with Gasteiger partial charge in [-0.05, 0) is 18.8 Å². The highest BCUT2D eigenvalue weighted by atomic mass is 16.2. The smallest absolute Gasteiger partial charge is 0.264 e. The molecule has 0 aromatic carbocycles. The number of hydrogen-bond acceptors (Lipinski definition) is 4. The standard InChI is InChI=1S/C14H22N4O2/c1-8-4-11(13(15)19)17(6-8)10(3)18-7-9(2)5-12(18)14(16)20/h4-5,8-10H,6-7H2,1-3H3,(H2,15,19)(H2,16,20). The molecule has 2 amide bonds. The quantitative estimate of drug-likeness (QED) is 0.755. The van der Waals surface area contributed by atoms with Crippen molar-refractivity contribution < 1.29 is 9.59 Å². The summed E-state index contributed by atoms with van der Waals surface area (Å²) in [6, 6.07) is 0. The first-order valence-corrected chi connectivity index (χ1v) is 6.87. The van der Waals surface area contributed by atoms with Crippen molar-refractivity contribution in [3.8, 4) is 0 Å². The molecule has 2 heterocycles. The summed E-state index contributed by atoms with van der Waals surface area (Å²) in [5.41, 5.74) is 11.9. The van der Waals surface area contributed by atoms with Crippen LogP contribution in [-0.2, 0) is 9.59 Å². The summed E-state index contributed by atoms with van der Waals surface area (Å²) in [7, 11) is 0. The minimum absolute atomic E-state index is 0.123. The molecule has 2 rings (SSSR count). The van der Waals surface area contributed by atoms with Gasteiger partial charge in [-0.15, -0.1) is 0 Å². The van der Waals surface area contributed by atoms with Crippen molar-refractivity contribution in [3.05, 3.63) is 23.5 Å². The maximum atomic E-state index is 11.5. The van der Waals surface area contributed by atoms with Gasteiger partial charge >= 0.3 is 0 Å². The maximum absolute atomic E-state index is 11.5. The zero-order chi connectivity index (χ0) is 15.0. The van der Waals surface area contributed by atoms with Gasteiger partial charge in [-0.1, -0.05) is 26.0 Å². The number of nitrogens with two attached hydrogens (primary N) is 2. The molecule has 6 nitrogen and oxygen atoms in total. The van der Waals surface area contributed by atoms with E-state index in [-0.39, 0.29) is 18.0 Å². The lowest BCUT2D eigenvalue weighted by Crippen LogP contribution is -2.48. The van der Waals surface area contributed by atoms with Gasteiger partial charge in [-0.2, -0.15) is 0 Å². The van der Waals surface area contributed by atoms with Gasteiger partial charge < -0.3 is 21.3 Å². The first kappa shape index (κ1) is 14.4. The second-order valence-electron chi connectivity index (χ2n) is 5.72. The first-order valence-electron chi connectivity index (χ1n) is 6.87. The van der Waals surface area contributed by atoms with Gasteiger partial charge in [0.1, 0.15) is 11.4 Å². The van der Waals surface area contributed by atoms with Crippen LogP contribution in [0, 0.1) is 11.8 Å². The molecule has 6 heteroatoms. The highest BCUT2D eigenvalue weighted by Gasteiger charge is 2.35. The van der Waals surface area contributed by atoms with Crippen LogP contribution in [-0.4, -0.2) is 40.9 Å². The number of hydrogen-bond donors (Lipinski definition) is 2. The molecule has 110 valence electrons. The van der Waals surface area contributed by atoms with E-state index in [9.17, 15) is 9.59 Å². The van der Waals surface area contributed by atoms with E-state index < -0.39 is 11.8 Å². The molecule has 0 saturated carbocycles. The number of amides is 2. The molecule has 0 aliphatic carbocycles. The monoisotopic (exact) mass is 278 g/mol. The molecule has 0 aromatic rings. The van der Waals surface area contributed by atoms with E-state index in [2.05, 4.69) is 0 Å². The van der Waals surface area contributed by atoms with Gasteiger partial charge in [0.15, 0.2) is 0 Å². The van der Waals surface area contributed by atoms with E-state index in [1.54, 1.807) is 0 Å². The van der Waals surface area contributed by atoms with E-state index in [0.29, 0.717) is 11.4 Å². The minimum Gasteiger partial charge on any atom is -0.364 e. The second-order valence-corrected chi connectivity index (χ2v) is 5.72. The fraction of sp³-hybridized carbons (Fsp3) is 0.571. The summed E-state index contributed by atoms with van der Waals surface area (Å²) in [5, 5.41) is 0. The zero-order valence-corrected chi connectivity index (χ0v) is 12.2. The summed E-state index contributed by atoms with van der Waals surface area (Å²) < 4.78 is 0. The summed E-state index contributed by atoms with van der Waals surface area (Å²) in [4.78, 5) is 27.0. The highest BCUT2D eigenvalue weighted by molar-refractivity contribution is 5.92. The number of carbonyl (C=O) groups is 2. The normalized spacial score (nSPS) is 27.4. The average Bonchev–Trinajstić information content (AvgIpc) is 2.91. The third-order valence-electron chi connectivity index (χ3n) is 3.88. The van der Waals surface area contributed by atoms with Crippen LogP contribution >= 0.6 is 0 Å². The predicted octanol–water partition coefficient (Wildman–Crippen LogP) is -0.0258. The topological polar surface area (TPSA) is 92.7 Å². The first-order chi connectivity index (χ1) is 9.31. The number of nitrogens with zero attached hydrogens (tertiary/aromatic N) is 2. The van der Waals surface area contributed by atoms with Crippen LogP contribution in [0.4, 0.5) is 0 Å². The Morgan fingerprint density at radius 2 is 1.40 bits per heavy atom. The fourth-order valence-corrected chi connectivity index (χ4v) is 2.98. The van der Waals surface area contributed by atoms with Gasteiger partial charge in [0, 0.05) is 13.1 Å². The van der Waals surface area contributed by atoms with E-state index in [0.717, 1.165) is 13.1 Å². The molecule has 0 spiro atoms. The molecule has 0 aromatic heterocycles. The van der Waals surface area contributed by atoms with E-state index in [1.165, 1.54) is 0 Å². The number of carbonyl (C=O) groups excluding carboxylic acids is 2. The van der Waals surface area contributed by atoms with Crippen LogP contribution in [0.1, 0.15) is 20.8 Å². The van der Waals surface area contributed by atoms with Crippen LogP contribution in [0.25, 0.3) is 0 Å². The lowest BCUT2D eigenvalue weighted by Gasteiger charge is -2.37. The van der Waals surface area contributed by atoms with Gasteiger partial charge in [0.05, 0.1) is 6.17 Å². The Labute approximate surface area is 119 Å². The van der Waals surface area contributed by atoms with Gasteiger partial charge in [-0.25, -0.2) is 0 Å². The Morgan fingerprint density at radius 3 is 1.70 bits per heavy atom.